The number of likely N-dealkylation sites (tertiary alicyclic amines) is 1. The van der Waals surface area contributed by atoms with Gasteiger partial charge in [-0.15, -0.1) is 0 Å². The first kappa shape index (κ1) is 21.5. The van der Waals surface area contributed by atoms with E-state index >= 15 is 0 Å². The maximum atomic E-state index is 13.7. The fourth-order valence-electron chi connectivity index (χ4n) is 4.50. The van der Waals surface area contributed by atoms with Crippen LogP contribution in [0.3, 0.4) is 0 Å². The molecule has 2 heterocycles. The summed E-state index contributed by atoms with van der Waals surface area (Å²) >= 11 is 0. The van der Waals surface area contributed by atoms with Crippen molar-refractivity contribution in [1.29, 1.82) is 0 Å². The Bertz CT molecular complexity index is 952. The minimum Gasteiger partial charge on any atom is -0.361 e. The molecule has 0 unspecified atom stereocenters. The number of hydrogen-bond acceptors (Lipinski definition) is 4. The quantitative estimate of drug-likeness (QED) is 0.737. The lowest BCUT2D eigenvalue weighted by Crippen LogP contribution is -2.59. The molecular weight excluding hydrogens is 397 g/mol. The van der Waals surface area contributed by atoms with E-state index in [-0.39, 0.29) is 36.4 Å². The Morgan fingerprint density at radius 2 is 1.97 bits per heavy atom. The summed E-state index contributed by atoms with van der Waals surface area (Å²) in [5, 5.41) is 0. The molecule has 2 amide bonds. The first-order valence-electron chi connectivity index (χ1n) is 10.6. The van der Waals surface area contributed by atoms with Crippen LogP contribution in [0, 0.1) is 5.82 Å². The van der Waals surface area contributed by atoms with Crippen LogP contribution in [-0.4, -0.2) is 85.5 Å². The van der Waals surface area contributed by atoms with Crippen LogP contribution < -0.4 is 0 Å². The lowest BCUT2D eigenvalue weighted by atomic mass is 9.83. The zero-order chi connectivity index (χ0) is 22.0. The van der Waals surface area contributed by atoms with Crippen LogP contribution in [0.1, 0.15) is 21.8 Å². The number of benzene rings is 2. The van der Waals surface area contributed by atoms with Crippen molar-refractivity contribution < 1.29 is 18.7 Å². The van der Waals surface area contributed by atoms with Gasteiger partial charge in [0, 0.05) is 37.7 Å². The highest BCUT2D eigenvalue weighted by Crippen LogP contribution is 2.42. The number of morpholine rings is 1. The van der Waals surface area contributed by atoms with Gasteiger partial charge in [0.1, 0.15) is 5.82 Å². The van der Waals surface area contributed by atoms with Crippen molar-refractivity contribution >= 4 is 11.8 Å². The molecule has 0 N–H and O–H groups in total. The number of ether oxygens (including phenoxy) is 1. The molecule has 7 heteroatoms. The van der Waals surface area contributed by atoms with Crippen LogP contribution in [0.15, 0.2) is 54.6 Å². The summed E-state index contributed by atoms with van der Waals surface area (Å²) in [5.74, 6) is -1.01. The van der Waals surface area contributed by atoms with Crippen molar-refractivity contribution in [2.24, 2.45) is 0 Å². The number of rotatable bonds is 5. The summed E-state index contributed by atoms with van der Waals surface area (Å²) in [6.45, 7) is 2.66. The highest BCUT2D eigenvalue weighted by Gasteiger charge is 2.58. The molecule has 2 aromatic rings. The Morgan fingerprint density at radius 1 is 1.19 bits per heavy atom. The molecule has 0 aromatic heterocycles. The van der Waals surface area contributed by atoms with E-state index in [2.05, 4.69) is 0 Å². The van der Waals surface area contributed by atoms with Gasteiger partial charge in [-0.05, 0) is 37.9 Å². The molecule has 164 valence electrons. The van der Waals surface area contributed by atoms with E-state index in [0.717, 1.165) is 12.1 Å². The second-order valence-corrected chi connectivity index (χ2v) is 8.49. The van der Waals surface area contributed by atoms with Crippen molar-refractivity contribution in [3.05, 3.63) is 71.5 Å². The largest absolute Gasteiger partial charge is 0.361 e. The number of likely N-dealkylation sites (N-methyl/N-ethyl adjacent to an activating group) is 1. The lowest BCUT2D eigenvalue weighted by molar-refractivity contribution is -0.159. The average Bonchev–Trinajstić information content (AvgIpc) is 3.03. The van der Waals surface area contributed by atoms with Gasteiger partial charge in [-0.2, -0.15) is 0 Å². The Morgan fingerprint density at radius 3 is 2.68 bits per heavy atom. The number of nitrogens with zero attached hydrogens (tertiary/aromatic N) is 3. The van der Waals surface area contributed by atoms with Gasteiger partial charge in [0.05, 0.1) is 13.2 Å². The first-order chi connectivity index (χ1) is 14.9. The van der Waals surface area contributed by atoms with Crippen LogP contribution in [0.5, 0.6) is 0 Å². The fourth-order valence-corrected chi connectivity index (χ4v) is 4.50. The van der Waals surface area contributed by atoms with E-state index in [0.29, 0.717) is 19.6 Å². The van der Waals surface area contributed by atoms with Gasteiger partial charge in [-0.25, -0.2) is 4.39 Å². The summed E-state index contributed by atoms with van der Waals surface area (Å²) in [7, 11) is 3.95. The molecule has 2 saturated heterocycles. The van der Waals surface area contributed by atoms with Crippen molar-refractivity contribution in [2.75, 3.05) is 53.4 Å². The Hall–Kier alpha value is -2.77. The summed E-state index contributed by atoms with van der Waals surface area (Å²) in [6, 6.07) is 15.5. The van der Waals surface area contributed by atoms with Gasteiger partial charge in [0.25, 0.3) is 11.8 Å². The molecular formula is C24H28FN3O3. The zero-order valence-corrected chi connectivity index (χ0v) is 18.0. The maximum absolute atomic E-state index is 13.7. The van der Waals surface area contributed by atoms with E-state index in [1.165, 1.54) is 18.2 Å². The van der Waals surface area contributed by atoms with Gasteiger partial charge in [0.15, 0.2) is 5.60 Å². The van der Waals surface area contributed by atoms with Gasteiger partial charge >= 0.3 is 0 Å². The van der Waals surface area contributed by atoms with Gasteiger partial charge in [0.2, 0.25) is 0 Å². The van der Waals surface area contributed by atoms with Crippen molar-refractivity contribution in [3.8, 4) is 0 Å². The second kappa shape index (κ2) is 8.77. The predicted octanol–water partition coefficient (Wildman–Crippen LogP) is 2.22. The maximum Gasteiger partial charge on any atom is 0.257 e. The molecule has 2 atom stereocenters. The molecule has 0 bridgehead atoms. The van der Waals surface area contributed by atoms with Crippen molar-refractivity contribution in [1.82, 2.24) is 14.7 Å². The third kappa shape index (κ3) is 4.20. The zero-order valence-electron chi connectivity index (χ0n) is 18.0. The number of carbonyl (C=O) groups excluding carboxylic acids is 2. The molecule has 2 aliphatic rings. The van der Waals surface area contributed by atoms with Crippen LogP contribution in [-0.2, 0) is 9.53 Å². The van der Waals surface area contributed by atoms with E-state index in [1.807, 2.05) is 54.2 Å². The van der Waals surface area contributed by atoms with E-state index in [9.17, 15) is 14.0 Å². The number of halogens is 1. The second-order valence-electron chi connectivity index (χ2n) is 8.49. The third-order valence-electron chi connectivity index (χ3n) is 6.14. The number of amides is 2. The molecule has 31 heavy (non-hydrogen) atoms. The molecule has 2 fully saturated rings. The van der Waals surface area contributed by atoms with Crippen LogP contribution in [0.25, 0.3) is 0 Å². The van der Waals surface area contributed by atoms with Crippen LogP contribution in [0.4, 0.5) is 4.39 Å². The smallest absolute Gasteiger partial charge is 0.257 e. The Balaban J connectivity index is 1.65. The molecule has 1 spiro atoms. The fraction of sp³-hybridized carbons (Fsp3) is 0.417. The van der Waals surface area contributed by atoms with E-state index in [1.54, 1.807) is 11.0 Å². The summed E-state index contributed by atoms with van der Waals surface area (Å²) in [5.41, 5.74) is 0.168. The van der Waals surface area contributed by atoms with Crippen LogP contribution in [0.2, 0.25) is 0 Å². The topological polar surface area (TPSA) is 53.1 Å². The standard InChI is InChI=1S/C24H28FN3O3/c1-26(2)11-12-27-16-21(18-7-4-3-5-8-18)24(23(27)30)17-28(13-14-31-24)22(29)19-9-6-10-20(25)15-19/h3-10,15,21H,11-14,16-17H2,1-2H3/t21-,24+/m0/s1. The molecule has 0 radical (unpaired) electrons. The molecule has 4 rings (SSSR count). The highest BCUT2D eigenvalue weighted by atomic mass is 19.1. The summed E-state index contributed by atoms with van der Waals surface area (Å²) in [4.78, 5) is 32.2. The molecule has 2 aromatic carbocycles. The normalized spacial score (nSPS) is 23.7. The van der Waals surface area contributed by atoms with Crippen LogP contribution >= 0.6 is 0 Å². The summed E-state index contributed by atoms with van der Waals surface area (Å²) < 4.78 is 19.9. The summed E-state index contributed by atoms with van der Waals surface area (Å²) in [6.07, 6.45) is 0. The van der Waals surface area contributed by atoms with Gasteiger partial charge in [-0.1, -0.05) is 36.4 Å². The Kier molecular flexibility index (Phi) is 6.07. The third-order valence-corrected chi connectivity index (χ3v) is 6.14. The number of carbonyl (C=O) groups is 2. The highest BCUT2D eigenvalue weighted by molar-refractivity contribution is 5.96. The minimum absolute atomic E-state index is 0.0834. The van der Waals surface area contributed by atoms with Crippen molar-refractivity contribution in [3.63, 3.8) is 0 Å². The van der Waals surface area contributed by atoms with Gasteiger partial charge in [-0.3, -0.25) is 9.59 Å². The van der Waals surface area contributed by atoms with E-state index in [4.69, 9.17) is 4.74 Å². The lowest BCUT2D eigenvalue weighted by Gasteiger charge is -2.42. The van der Waals surface area contributed by atoms with Gasteiger partial charge < -0.3 is 19.4 Å². The molecule has 6 nitrogen and oxygen atoms in total. The first-order valence-corrected chi connectivity index (χ1v) is 10.6. The minimum atomic E-state index is -1.13. The average molecular weight is 426 g/mol. The predicted molar refractivity (Wildman–Crippen MR) is 115 cm³/mol. The number of hydrogen-bond donors (Lipinski definition) is 0. The molecule has 0 aliphatic carbocycles. The SMILES string of the molecule is CN(C)CCN1C[C@@H](c2ccccc2)[C@]2(CN(C(=O)c3cccc(F)c3)CCO2)C1=O. The Labute approximate surface area is 182 Å². The molecule has 0 saturated carbocycles. The molecule has 2 aliphatic heterocycles. The van der Waals surface area contributed by atoms with E-state index < -0.39 is 11.4 Å². The van der Waals surface area contributed by atoms with Crippen molar-refractivity contribution in [2.45, 2.75) is 11.5 Å². The monoisotopic (exact) mass is 425 g/mol.